The van der Waals surface area contributed by atoms with Crippen LogP contribution in [0.3, 0.4) is 0 Å². The number of carbonyl (C=O) groups excluding carboxylic acids is 1. The van der Waals surface area contributed by atoms with Gasteiger partial charge < -0.3 is 15.2 Å². The van der Waals surface area contributed by atoms with Gasteiger partial charge in [-0.05, 0) is 29.7 Å². The third-order valence-electron chi connectivity index (χ3n) is 4.43. The predicted octanol–water partition coefficient (Wildman–Crippen LogP) is 2.36. The Morgan fingerprint density at radius 1 is 1.17 bits per heavy atom. The van der Waals surface area contributed by atoms with Crippen LogP contribution < -0.4 is 10.1 Å². The summed E-state index contributed by atoms with van der Waals surface area (Å²) in [5.41, 5.74) is 0.556. The van der Waals surface area contributed by atoms with Crippen LogP contribution in [0.2, 0.25) is 0 Å². The zero-order chi connectivity index (χ0) is 17.2. The van der Waals surface area contributed by atoms with Crippen molar-refractivity contribution in [3.8, 4) is 5.75 Å². The van der Waals surface area contributed by atoms with Crippen LogP contribution in [-0.2, 0) is 16.0 Å². The standard InChI is InChI=1S/C19H19NO4/c1-24-15-9-7-13(8-10-15)11-17(21)20-19(18(22)23)12-16(19)14-5-3-2-4-6-14/h2-10,16H,11-12H2,1H3,(H,20,21)(H,22,23). The quantitative estimate of drug-likeness (QED) is 0.855. The summed E-state index contributed by atoms with van der Waals surface area (Å²) in [6.45, 7) is 0. The van der Waals surface area contributed by atoms with Crippen molar-refractivity contribution in [1.82, 2.24) is 5.32 Å². The maximum atomic E-state index is 12.3. The number of carboxylic acid groups (broad SMARTS) is 1. The highest BCUT2D eigenvalue weighted by Crippen LogP contribution is 2.51. The molecule has 0 bridgehead atoms. The number of rotatable bonds is 6. The molecule has 2 unspecified atom stereocenters. The van der Waals surface area contributed by atoms with Gasteiger partial charge in [0.25, 0.3) is 0 Å². The van der Waals surface area contributed by atoms with Gasteiger partial charge in [-0.2, -0.15) is 0 Å². The highest BCUT2D eigenvalue weighted by molar-refractivity contribution is 5.92. The van der Waals surface area contributed by atoms with Crippen LogP contribution in [0.15, 0.2) is 54.6 Å². The fourth-order valence-electron chi connectivity index (χ4n) is 3.00. The Labute approximate surface area is 140 Å². The van der Waals surface area contributed by atoms with Gasteiger partial charge in [0.05, 0.1) is 13.5 Å². The largest absolute Gasteiger partial charge is 0.497 e. The van der Waals surface area contributed by atoms with Gasteiger partial charge >= 0.3 is 5.97 Å². The summed E-state index contributed by atoms with van der Waals surface area (Å²) in [6.07, 6.45) is 0.557. The maximum Gasteiger partial charge on any atom is 0.330 e. The molecule has 2 N–H and O–H groups in total. The fraction of sp³-hybridized carbons (Fsp3) is 0.263. The Hall–Kier alpha value is -2.82. The van der Waals surface area contributed by atoms with E-state index in [4.69, 9.17) is 4.74 Å². The molecule has 124 valence electrons. The van der Waals surface area contributed by atoms with Crippen molar-refractivity contribution in [2.24, 2.45) is 0 Å². The Balaban J connectivity index is 1.68. The molecule has 0 aromatic heterocycles. The lowest BCUT2D eigenvalue weighted by Crippen LogP contribution is -2.45. The Kier molecular flexibility index (Phi) is 4.25. The van der Waals surface area contributed by atoms with Gasteiger partial charge in [-0.15, -0.1) is 0 Å². The average molecular weight is 325 g/mol. The first-order valence-electron chi connectivity index (χ1n) is 7.77. The number of hydrogen-bond acceptors (Lipinski definition) is 3. The van der Waals surface area contributed by atoms with Crippen molar-refractivity contribution in [3.63, 3.8) is 0 Å². The summed E-state index contributed by atoms with van der Waals surface area (Å²) in [7, 11) is 1.58. The van der Waals surface area contributed by atoms with Crippen LogP contribution in [0, 0.1) is 0 Å². The number of ether oxygens (including phenoxy) is 1. The van der Waals surface area contributed by atoms with Crippen LogP contribution in [0.4, 0.5) is 0 Å². The van der Waals surface area contributed by atoms with E-state index in [0.717, 1.165) is 11.1 Å². The van der Waals surface area contributed by atoms with Crippen LogP contribution in [0.5, 0.6) is 5.75 Å². The molecule has 2 atom stereocenters. The molecular weight excluding hydrogens is 306 g/mol. The smallest absolute Gasteiger partial charge is 0.330 e. The van der Waals surface area contributed by atoms with E-state index in [1.165, 1.54) is 0 Å². The zero-order valence-electron chi connectivity index (χ0n) is 13.4. The highest BCUT2D eigenvalue weighted by Gasteiger charge is 2.62. The van der Waals surface area contributed by atoms with Crippen molar-refractivity contribution >= 4 is 11.9 Å². The van der Waals surface area contributed by atoms with Crippen molar-refractivity contribution in [2.75, 3.05) is 7.11 Å². The van der Waals surface area contributed by atoms with E-state index in [0.29, 0.717) is 12.2 Å². The minimum atomic E-state index is -1.19. The van der Waals surface area contributed by atoms with Crippen molar-refractivity contribution in [2.45, 2.75) is 24.3 Å². The van der Waals surface area contributed by atoms with Gasteiger partial charge in [-0.25, -0.2) is 4.79 Å². The number of benzene rings is 2. The molecule has 1 aliphatic carbocycles. The molecular formula is C19H19NO4. The van der Waals surface area contributed by atoms with E-state index in [9.17, 15) is 14.7 Å². The number of aliphatic carboxylic acids is 1. The molecule has 0 heterocycles. The SMILES string of the molecule is COc1ccc(CC(=O)NC2(C(=O)O)CC2c2ccccc2)cc1. The molecule has 2 aromatic carbocycles. The summed E-state index contributed by atoms with van der Waals surface area (Å²) in [5.74, 6) is -0.746. The first-order valence-corrected chi connectivity index (χ1v) is 7.77. The molecule has 5 heteroatoms. The number of methoxy groups -OCH3 is 1. The number of carboxylic acids is 1. The molecule has 0 spiro atoms. The number of amides is 1. The molecule has 24 heavy (non-hydrogen) atoms. The monoisotopic (exact) mass is 325 g/mol. The lowest BCUT2D eigenvalue weighted by molar-refractivity contribution is -0.143. The van der Waals surface area contributed by atoms with Gasteiger partial charge in [0.15, 0.2) is 0 Å². The van der Waals surface area contributed by atoms with E-state index in [1.54, 1.807) is 31.4 Å². The van der Waals surface area contributed by atoms with Crippen LogP contribution in [0.1, 0.15) is 23.5 Å². The van der Waals surface area contributed by atoms with Gasteiger partial charge in [0.2, 0.25) is 5.91 Å². The Bertz CT molecular complexity index is 742. The molecule has 0 saturated heterocycles. The average Bonchev–Trinajstić information content (AvgIpc) is 3.32. The fourth-order valence-corrected chi connectivity index (χ4v) is 3.00. The predicted molar refractivity (Wildman–Crippen MR) is 89.0 cm³/mol. The van der Waals surface area contributed by atoms with Crippen molar-refractivity contribution in [3.05, 3.63) is 65.7 Å². The zero-order valence-corrected chi connectivity index (χ0v) is 13.4. The topological polar surface area (TPSA) is 75.6 Å². The lowest BCUT2D eigenvalue weighted by atomic mass is 10.1. The van der Waals surface area contributed by atoms with Gasteiger partial charge in [0.1, 0.15) is 11.3 Å². The second kappa shape index (κ2) is 6.35. The summed E-state index contributed by atoms with van der Waals surface area (Å²) < 4.78 is 5.08. The third-order valence-corrected chi connectivity index (χ3v) is 4.43. The van der Waals surface area contributed by atoms with Crippen LogP contribution >= 0.6 is 0 Å². The molecule has 1 fully saturated rings. The second-order valence-corrected chi connectivity index (χ2v) is 6.02. The molecule has 0 aliphatic heterocycles. The van der Waals surface area contributed by atoms with Crippen LogP contribution in [0.25, 0.3) is 0 Å². The molecule has 5 nitrogen and oxygen atoms in total. The van der Waals surface area contributed by atoms with E-state index >= 15 is 0 Å². The molecule has 2 aromatic rings. The van der Waals surface area contributed by atoms with E-state index in [2.05, 4.69) is 5.32 Å². The number of carbonyl (C=O) groups is 2. The normalized spacial score (nSPS) is 21.8. The Morgan fingerprint density at radius 3 is 2.42 bits per heavy atom. The number of hydrogen-bond donors (Lipinski definition) is 2. The minimum absolute atomic E-state index is 0.139. The molecule has 0 radical (unpaired) electrons. The first kappa shape index (κ1) is 16.1. The van der Waals surface area contributed by atoms with Crippen molar-refractivity contribution in [1.29, 1.82) is 0 Å². The van der Waals surface area contributed by atoms with Gasteiger partial charge in [0, 0.05) is 5.92 Å². The van der Waals surface area contributed by atoms with Gasteiger partial charge in [-0.3, -0.25) is 4.79 Å². The summed E-state index contributed by atoms with van der Waals surface area (Å²) in [6, 6.07) is 16.6. The molecule has 1 amide bonds. The van der Waals surface area contributed by atoms with Crippen LogP contribution in [-0.4, -0.2) is 29.6 Å². The summed E-state index contributed by atoms with van der Waals surface area (Å²) in [5, 5.41) is 12.3. The van der Waals surface area contributed by atoms with Crippen molar-refractivity contribution < 1.29 is 19.4 Å². The summed E-state index contributed by atoms with van der Waals surface area (Å²) >= 11 is 0. The second-order valence-electron chi connectivity index (χ2n) is 6.02. The third kappa shape index (κ3) is 3.11. The van der Waals surface area contributed by atoms with Gasteiger partial charge in [-0.1, -0.05) is 42.5 Å². The molecule has 1 saturated carbocycles. The molecule has 3 rings (SSSR count). The van der Waals surface area contributed by atoms with E-state index < -0.39 is 11.5 Å². The highest BCUT2D eigenvalue weighted by atomic mass is 16.5. The van der Waals surface area contributed by atoms with E-state index in [-0.39, 0.29) is 18.2 Å². The first-order chi connectivity index (χ1) is 11.5. The lowest BCUT2D eigenvalue weighted by Gasteiger charge is -2.15. The van der Waals surface area contributed by atoms with E-state index in [1.807, 2.05) is 30.3 Å². The maximum absolute atomic E-state index is 12.3. The summed E-state index contributed by atoms with van der Waals surface area (Å²) in [4.78, 5) is 24.0. The number of nitrogens with one attached hydrogen (secondary N) is 1. The minimum Gasteiger partial charge on any atom is -0.497 e. The Morgan fingerprint density at radius 2 is 1.83 bits per heavy atom. The molecule has 1 aliphatic rings.